The quantitative estimate of drug-likeness (QED) is 0.698. The van der Waals surface area contributed by atoms with Gasteiger partial charge in [0.05, 0.1) is 5.56 Å². The summed E-state index contributed by atoms with van der Waals surface area (Å²) in [7, 11) is 0. The zero-order valence-corrected chi connectivity index (χ0v) is 14.4. The maximum absolute atomic E-state index is 13.7. The van der Waals surface area contributed by atoms with Gasteiger partial charge in [-0.25, -0.2) is 9.18 Å². The highest BCUT2D eigenvalue weighted by Crippen LogP contribution is 2.20. The average Bonchev–Trinajstić information content (AvgIpc) is 2.69. The Hall–Kier alpha value is -3.47. The number of benzene rings is 3. The van der Waals surface area contributed by atoms with Crippen LogP contribution in [0.15, 0.2) is 78.9 Å². The van der Waals surface area contributed by atoms with Crippen LogP contribution in [0.25, 0.3) is 11.1 Å². The van der Waals surface area contributed by atoms with Gasteiger partial charge in [0.2, 0.25) is 0 Å². The predicted octanol–water partition coefficient (Wildman–Crippen LogP) is 3.92. The summed E-state index contributed by atoms with van der Waals surface area (Å²) in [6, 6.07) is 21.6. The van der Waals surface area contributed by atoms with E-state index in [1.54, 1.807) is 0 Å². The van der Waals surface area contributed by atoms with E-state index in [-0.39, 0.29) is 12.0 Å². The average molecular weight is 363 g/mol. The van der Waals surface area contributed by atoms with Crippen molar-refractivity contribution in [3.8, 4) is 11.1 Å². The summed E-state index contributed by atoms with van der Waals surface area (Å²) in [5, 5.41) is 11.8. The number of rotatable bonds is 6. The van der Waals surface area contributed by atoms with Crippen LogP contribution in [-0.2, 0) is 11.2 Å². The third-order valence-electron chi connectivity index (χ3n) is 4.22. The molecule has 0 unspecified atom stereocenters. The third kappa shape index (κ3) is 4.58. The minimum absolute atomic E-state index is 0.102. The van der Waals surface area contributed by atoms with Crippen molar-refractivity contribution in [2.45, 2.75) is 12.5 Å². The third-order valence-corrected chi connectivity index (χ3v) is 4.22. The van der Waals surface area contributed by atoms with E-state index in [0.29, 0.717) is 0 Å². The van der Waals surface area contributed by atoms with Crippen LogP contribution >= 0.6 is 0 Å². The SMILES string of the molecule is O=C(N[C@H](Cc1ccc(-c2ccccc2)cc1)C(=O)O)c1ccccc1F. The second-order valence-corrected chi connectivity index (χ2v) is 6.11. The molecule has 3 rings (SSSR count). The van der Waals surface area contributed by atoms with E-state index < -0.39 is 23.7 Å². The first-order chi connectivity index (χ1) is 13.0. The number of aliphatic carboxylic acids is 1. The lowest BCUT2D eigenvalue weighted by molar-refractivity contribution is -0.139. The topological polar surface area (TPSA) is 66.4 Å². The lowest BCUT2D eigenvalue weighted by Crippen LogP contribution is -2.42. The molecule has 0 aliphatic rings. The number of amides is 1. The van der Waals surface area contributed by atoms with Gasteiger partial charge in [-0.15, -0.1) is 0 Å². The molecule has 0 aromatic heterocycles. The lowest BCUT2D eigenvalue weighted by atomic mass is 10.0. The first kappa shape index (κ1) is 18.3. The standard InChI is InChI=1S/C22H18FNO3/c23-19-9-5-4-8-18(19)21(25)24-20(22(26)27)14-15-10-12-17(13-11-15)16-6-2-1-3-7-16/h1-13,20H,14H2,(H,24,25)(H,26,27)/t20-/m1/s1. The van der Waals surface area contributed by atoms with Gasteiger partial charge in [-0.3, -0.25) is 4.79 Å². The predicted molar refractivity (Wildman–Crippen MR) is 101 cm³/mol. The summed E-state index contributed by atoms with van der Waals surface area (Å²) in [6.45, 7) is 0. The maximum Gasteiger partial charge on any atom is 0.326 e. The van der Waals surface area contributed by atoms with Crippen LogP contribution in [0.5, 0.6) is 0 Å². The van der Waals surface area contributed by atoms with Gasteiger partial charge < -0.3 is 10.4 Å². The Morgan fingerprint density at radius 2 is 1.44 bits per heavy atom. The van der Waals surface area contributed by atoms with Crippen molar-refractivity contribution in [1.82, 2.24) is 5.32 Å². The van der Waals surface area contributed by atoms with E-state index in [0.717, 1.165) is 22.8 Å². The summed E-state index contributed by atoms with van der Waals surface area (Å²) in [4.78, 5) is 23.7. The number of hydrogen-bond acceptors (Lipinski definition) is 2. The zero-order valence-electron chi connectivity index (χ0n) is 14.4. The minimum atomic E-state index is -1.17. The number of hydrogen-bond donors (Lipinski definition) is 2. The van der Waals surface area contributed by atoms with Crippen LogP contribution in [0.1, 0.15) is 15.9 Å². The normalized spacial score (nSPS) is 11.6. The van der Waals surface area contributed by atoms with Gasteiger partial charge in [0, 0.05) is 6.42 Å². The largest absolute Gasteiger partial charge is 0.480 e. The van der Waals surface area contributed by atoms with Crippen molar-refractivity contribution < 1.29 is 19.1 Å². The van der Waals surface area contributed by atoms with Crippen LogP contribution in [0.3, 0.4) is 0 Å². The summed E-state index contributed by atoms with van der Waals surface area (Å²) in [6.07, 6.45) is 0.102. The smallest absolute Gasteiger partial charge is 0.326 e. The zero-order chi connectivity index (χ0) is 19.2. The molecule has 0 aliphatic heterocycles. The van der Waals surface area contributed by atoms with Crippen molar-refractivity contribution in [3.05, 3.63) is 95.8 Å². The highest BCUT2D eigenvalue weighted by atomic mass is 19.1. The lowest BCUT2D eigenvalue weighted by Gasteiger charge is -2.15. The summed E-state index contributed by atoms with van der Waals surface area (Å²) < 4.78 is 13.7. The molecule has 2 N–H and O–H groups in total. The molecule has 0 fully saturated rings. The summed E-state index contributed by atoms with van der Waals surface area (Å²) >= 11 is 0. The first-order valence-corrected chi connectivity index (χ1v) is 8.47. The Balaban J connectivity index is 1.72. The van der Waals surface area contributed by atoms with Crippen LogP contribution in [0.2, 0.25) is 0 Å². The van der Waals surface area contributed by atoms with Crippen molar-refractivity contribution in [2.24, 2.45) is 0 Å². The Morgan fingerprint density at radius 1 is 0.852 bits per heavy atom. The van der Waals surface area contributed by atoms with Crippen LogP contribution < -0.4 is 5.32 Å². The van der Waals surface area contributed by atoms with Crippen molar-refractivity contribution in [2.75, 3.05) is 0 Å². The first-order valence-electron chi connectivity index (χ1n) is 8.47. The monoisotopic (exact) mass is 363 g/mol. The second-order valence-electron chi connectivity index (χ2n) is 6.11. The maximum atomic E-state index is 13.7. The van der Waals surface area contributed by atoms with E-state index in [9.17, 15) is 19.1 Å². The molecular weight excluding hydrogens is 345 g/mol. The van der Waals surface area contributed by atoms with E-state index in [1.165, 1.54) is 18.2 Å². The molecule has 5 heteroatoms. The summed E-state index contributed by atoms with van der Waals surface area (Å²) in [5.41, 5.74) is 2.66. The van der Waals surface area contributed by atoms with Gasteiger partial charge in [0.1, 0.15) is 11.9 Å². The van der Waals surface area contributed by atoms with Crippen LogP contribution in [0, 0.1) is 5.82 Å². The van der Waals surface area contributed by atoms with Gasteiger partial charge in [-0.05, 0) is 28.8 Å². The molecule has 1 atom stereocenters. The molecule has 136 valence electrons. The Kier molecular flexibility index (Phi) is 5.61. The molecule has 0 bridgehead atoms. The molecule has 0 heterocycles. The van der Waals surface area contributed by atoms with E-state index in [1.807, 2.05) is 54.6 Å². The van der Waals surface area contributed by atoms with E-state index in [4.69, 9.17) is 0 Å². The molecule has 3 aromatic carbocycles. The molecule has 4 nitrogen and oxygen atoms in total. The van der Waals surface area contributed by atoms with Crippen LogP contribution in [-0.4, -0.2) is 23.0 Å². The van der Waals surface area contributed by atoms with Crippen molar-refractivity contribution >= 4 is 11.9 Å². The van der Waals surface area contributed by atoms with Crippen molar-refractivity contribution in [3.63, 3.8) is 0 Å². The second kappa shape index (κ2) is 8.27. The number of halogens is 1. The Bertz CT molecular complexity index is 939. The molecular formula is C22H18FNO3. The molecule has 0 spiro atoms. The van der Waals surface area contributed by atoms with Gasteiger partial charge in [0.15, 0.2) is 0 Å². The van der Waals surface area contributed by atoms with E-state index >= 15 is 0 Å². The fraction of sp³-hybridized carbons (Fsp3) is 0.0909. The summed E-state index contributed by atoms with van der Waals surface area (Å²) in [5.74, 6) is -2.61. The van der Waals surface area contributed by atoms with Crippen LogP contribution in [0.4, 0.5) is 4.39 Å². The van der Waals surface area contributed by atoms with Gasteiger partial charge in [0.25, 0.3) is 5.91 Å². The van der Waals surface area contributed by atoms with E-state index in [2.05, 4.69) is 5.32 Å². The molecule has 0 radical (unpaired) electrons. The minimum Gasteiger partial charge on any atom is -0.480 e. The van der Waals surface area contributed by atoms with Gasteiger partial charge >= 0.3 is 5.97 Å². The Labute approximate surface area is 156 Å². The molecule has 27 heavy (non-hydrogen) atoms. The number of carboxylic acid groups (broad SMARTS) is 1. The van der Waals surface area contributed by atoms with Gasteiger partial charge in [-0.1, -0.05) is 66.7 Å². The molecule has 3 aromatic rings. The number of carbonyl (C=O) groups is 2. The van der Waals surface area contributed by atoms with Gasteiger partial charge in [-0.2, -0.15) is 0 Å². The number of nitrogens with one attached hydrogen (secondary N) is 1. The fourth-order valence-electron chi connectivity index (χ4n) is 2.78. The molecule has 0 aliphatic carbocycles. The Morgan fingerprint density at radius 3 is 2.07 bits per heavy atom. The molecule has 0 saturated carbocycles. The highest BCUT2D eigenvalue weighted by molar-refractivity contribution is 5.96. The number of carbonyl (C=O) groups excluding carboxylic acids is 1. The fourth-order valence-corrected chi connectivity index (χ4v) is 2.78. The highest BCUT2D eigenvalue weighted by Gasteiger charge is 2.22. The number of carboxylic acids is 1. The van der Waals surface area contributed by atoms with Crippen molar-refractivity contribution in [1.29, 1.82) is 0 Å². The molecule has 0 saturated heterocycles. The molecule has 1 amide bonds.